The van der Waals surface area contributed by atoms with E-state index in [1.807, 2.05) is 0 Å². The number of hydrogen-bond acceptors (Lipinski definition) is 5. The normalized spacial score (nSPS) is 14.7. The molecule has 0 aliphatic carbocycles. The molecular formula is C13H17BrN2O5. The third kappa shape index (κ3) is 4.32. The van der Waals surface area contributed by atoms with Gasteiger partial charge in [0, 0.05) is 27.8 Å². The highest BCUT2D eigenvalue weighted by Gasteiger charge is 2.45. The SMILES string of the molecule is CCOC(=O)N[C@H](c1ccc(OC)cc1)[C@@](C)(Br)[N+](=O)[O-]. The van der Waals surface area contributed by atoms with Crippen molar-refractivity contribution >= 4 is 22.0 Å². The highest BCUT2D eigenvalue weighted by Crippen LogP contribution is 2.34. The minimum atomic E-state index is -1.58. The second-order valence-corrected chi connectivity index (χ2v) is 5.96. The molecule has 7 nitrogen and oxygen atoms in total. The van der Waals surface area contributed by atoms with Crippen molar-refractivity contribution in [2.45, 2.75) is 24.3 Å². The van der Waals surface area contributed by atoms with E-state index in [9.17, 15) is 14.9 Å². The van der Waals surface area contributed by atoms with E-state index in [2.05, 4.69) is 21.2 Å². The summed E-state index contributed by atoms with van der Waals surface area (Å²) in [5.74, 6) is 0.617. The molecule has 1 amide bonds. The molecule has 8 heteroatoms. The predicted molar refractivity (Wildman–Crippen MR) is 80.2 cm³/mol. The summed E-state index contributed by atoms with van der Waals surface area (Å²) >= 11 is 3.06. The van der Waals surface area contributed by atoms with Gasteiger partial charge in [-0.25, -0.2) is 4.79 Å². The van der Waals surface area contributed by atoms with Gasteiger partial charge in [0.15, 0.2) is 0 Å². The zero-order valence-electron chi connectivity index (χ0n) is 12.0. The summed E-state index contributed by atoms with van der Waals surface area (Å²) in [5, 5.41) is 13.7. The number of nitrogens with one attached hydrogen (secondary N) is 1. The molecule has 0 radical (unpaired) electrons. The number of nitrogens with zero attached hydrogens (tertiary/aromatic N) is 1. The fraction of sp³-hybridized carbons (Fsp3) is 0.462. The number of halogens is 1. The highest BCUT2D eigenvalue weighted by molar-refractivity contribution is 9.10. The van der Waals surface area contributed by atoms with Crippen LogP contribution in [0.25, 0.3) is 0 Å². The Labute approximate surface area is 130 Å². The van der Waals surface area contributed by atoms with Gasteiger partial charge in [0.25, 0.3) is 4.45 Å². The van der Waals surface area contributed by atoms with Gasteiger partial charge < -0.3 is 14.8 Å². The monoisotopic (exact) mass is 360 g/mol. The van der Waals surface area contributed by atoms with Gasteiger partial charge in [-0.1, -0.05) is 12.1 Å². The highest BCUT2D eigenvalue weighted by atomic mass is 79.9. The Morgan fingerprint density at radius 1 is 1.48 bits per heavy atom. The van der Waals surface area contributed by atoms with Crippen molar-refractivity contribution in [3.05, 3.63) is 39.9 Å². The Morgan fingerprint density at radius 3 is 2.48 bits per heavy atom. The number of hydrogen-bond donors (Lipinski definition) is 1. The molecule has 0 bridgehead atoms. The van der Waals surface area contributed by atoms with Crippen molar-refractivity contribution in [2.24, 2.45) is 0 Å². The molecule has 1 rings (SSSR count). The smallest absolute Gasteiger partial charge is 0.407 e. The van der Waals surface area contributed by atoms with Crippen LogP contribution in [0.2, 0.25) is 0 Å². The van der Waals surface area contributed by atoms with Crippen LogP contribution in [0, 0.1) is 10.1 Å². The van der Waals surface area contributed by atoms with Gasteiger partial charge in [-0.3, -0.25) is 10.1 Å². The van der Waals surface area contributed by atoms with E-state index in [0.29, 0.717) is 11.3 Å². The van der Waals surface area contributed by atoms with Crippen LogP contribution in [0.15, 0.2) is 24.3 Å². The van der Waals surface area contributed by atoms with Crippen LogP contribution >= 0.6 is 15.9 Å². The topological polar surface area (TPSA) is 90.7 Å². The number of methoxy groups -OCH3 is 1. The van der Waals surface area contributed by atoms with Gasteiger partial charge >= 0.3 is 6.09 Å². The molecule has 0 saturated heterocycles. The van der Waals surface area contributed by atoms with E-state index in [4.69, 9.17) is 9.47 Å². The molecule has 0 spiro atoms. The number of nitro groups is 1. The van der Waals surface area contributed by atoms with E-state index in [1.165, 1.54) is 14.0 Å². The zero-order chi connectivity index (χ0) is 16.0. The lowest BCUT2D eigenvalue weighted by atomic mass is 10.0. The van der Waals surface area contributed by atoms with Crippen molar-refractivity contribution in [1.29, 1.82) is 0 Å². The van der Waals surface area contributed by atoms with Crippen molar-refractivity contribution in [1.82, 2.24) is 5.32 Å². The molecule has 0 saturated carbocycles. The molecule has 0 aliphatic heterocycles. The molecule has 0 heterocycles. The first-order chi connectivity index (χ1) is 9.82. The summed E-state index contributed by atoms with van der Waals surface area (Å²) in [6, 6.07) is 5.73. The van der Waals surface area contributed by atoms with Crippen LogP contribution in [0.1, 0.15) is 25.5 Å². The summed E-state index contributed by atoms with van der Waals surface area (Å²) in [6.45, 7) is 3.20. The van der Waals surface area contributed by atoms with Crippen LogP contribution in [-0.2, 0) is 4.74 Å². The van der Waals surface area contributed by atoms with Crippen LogP contribution in [0.3, 0.4) is 0 Å². The largest absolute Gasteiger partial charge is 0.497 e. The molecule has 0 fully saturated rings. The maximum atomic E-state index is 11.6. The Bertz CT molecular complexity index is 504. The molecule has 21 heavy (non-hydrogen) atoms. The van der Waals surface area contributed by atoms with Crippen LogP contribution in [0.4, 0.5) is 4.79 Å². The van der Waals surface area contributed by atoms with Gasteiger partial charge in [0.1, 0.15) is 11.8 Å². The van der Waals surface area contributed by atoms with E-state index in [0.717, 1.165) is 0 Å². The Morgan fingerprint density at radius 2 is 2.05 bits per heavy atom. The number of amides is 1. The first-order valence-corrected chi connectivity index (χ1v) is 7.02. The lowest BCUT2D eigenvalue weighted by Gasteiger charge is -2.26. The Hall–Kier alpha value is -1.83. The minimum absolute atomic E-state index is 0.179. The first kappa shape index (κ1) is 17.2. The second-order valence-electron chi connectivity index (χ2n) is 4.35. The van der Waals surface area contributed by atoms with Crippen molar-refractivity contribution in [3.63, 3.8) is 0 Å². The summed E-state index contributed by atoms with van der Waals surface area (Å²) in [7, 11) is 1.52. The van der Waals surface area contributed by atoms with E-state index >= 15 is 0 Å². The van der Waals surface area contributed by atoms with E-state index < -0.39 is 21.5 Å². The van der Waals surface area contributed by atoms with E-state index in [-0.39, 0.29) is 6.61 Å². The van der Waals surface area contributed by atoms with Crippen molar-refractivity contribution in [2.75, 3.05) is 13.7 Å². The number of ether oxygens (including phenoxy) is 2. The summed E-state index contributed by atoms with van der Waals surface area (Å²) < 4.78 is 8.26. The molecule has 0 aromatic heterocycles. The van der Waals surface area contributed by atoms with Gasteiger partial charge in [0.05, 0.1) is 13.7 Å². The summed E-state index contributed by atoms with van der Waals surface area (Å²) in [6.07, 6.45) is -0.717. The number of rotatable bonds is 6. The molecule has 0 unspecified atom stereocenters. The Balaban J connectivity index is 3.11. The average molecular weight is 361 g/mol. The average Bonchev–Trinajstić information content (AvgIpc) is 2.45. The third-order valence-corrected chi connectivity index (χ3v) is 3.62. The zero-order valence-corrected chi connectivity index (χ0v) is 13.5. The quantitative estimate of drug-likeness (QED) is 0.364. The predicted octanol–water partition coefficient (Wildman–Crippen LogP) is 2.87. The minimum Gasteiger partial charge on any atom is -0.497 e. The van der Waals surface area contributed by atoms with Crippen molar-refractivity contribution in [3.8, 4) is 5.75 Å². The fourth-order valence-electron chi connectivity index (χ4n) is 1.71. The number of benzene rings is 1. The number of alkyl carbamates (subject to hydrolysis) is 1. The van der Waals surface area contributed by atoms with E-state index in [1.54, 1.807) is 31.2 Å². The molecule has 1 aromatic carbocycles. The van der Waals surface area contributed by atoms with Crippen molar-refractivity contribution < 1.29 is 19.2 Å². The maximum absolute atomic E-state index is 11.6. The third-order valence-electron chi connectivity index (χ3n) is 2.87. The fourth-order valence-corrected chi connectivity index (χ4v) is 2.09. The van der Waals surface area contributed by atoms with Gasteiger partial charge in [-0.2, -0.15) is 0 Å². The Kier molecular flexibility index (Phi) is 5.95. The molecule has 1 N–H and O–H groups in total. The van der Waals surface area contributed by atoms with Crippen LogP contribution in [0.5, 0.6) is 5.75 Å². The number of alkyl halides is 1. The maximum Gasteiger partial charge on any atom is 0.407 e. The van der Waals surface area contributed by atoms with Gasteiger partial charge in [-0.15, -0.1) is 0 Å². The first-order valence-electron chi connectivity index (χ1n) is 6.23. The van der Waals surface area contributed by atoms with Crippen LogP contribution in [-0.4, -0.2) is 29.2 Å². The molecular weight excluding hydrogens is 344 g/mol. The lowest BCUT2D eigenvalue weighted by molar-refractivity contribution is -0.536. The molecule has 1 aromatic rings. The molecule has 0 aliphatic rings. The number of carbonyl (C=O) groups excluding carboxylic acids is 1. The standard InChI is InChI=1S/C13H17BrN2O5/c1-4-21-12(17)15-11(13(2,14)16(18)19)9-5-7-10(20-3)8-6-9/h5-8,11H,4H2,1-3H3,(H,15,17)/t11-,13+/m1/s1. The molecule has 116 valence electrons. The summed E-state index contributed by atoms with van der Waals surface area (Å²) in [5.41, 5.74) is 0.555. The van der Waals surface area contributed by atoms with Gasteiger partial charge in [0.2, 0.25) is 0 Å². The number of carbonyl (C=O) groups is 1. The van der Waals surface area contributed by atoms with Gasteiger partial charge in [-0.05, 0) is 24.6 Å². The lowest BCUT2D eigenvalue weighted by Crippen LogP contribution is -2.45. The molecule has 2 atom stereocenters. The second kappa shape index (κ2) is 7.26. The summed E-state index contributed by atoms with van der Waals surface area (Å²) in [4.78, 5) is 22.4. The van der Waals surface area contributed by atoms with Crippen LogP contribution < -0.4 is 10.1 Å².